The fraction of sp³-hybridized carbons (Fsp3) is 0.333. The Morgan fingerprint density at radius 3 is 2.44 bits per heavy atom. The minimum absolute atomic E-state index is 0.141. The number of benzene rings is 1. The first-order valence-electron chi connectivity index (χ1n) is 8.62. The first-order valence-corrected chi connectivity index (χ1v) is 8.62. The van der Waals surface area contributed by atoms with Crippen molar-refractivity contribution in [3.63, 3.8) is 0 Å². The fourth-order valence-corrected chi connectivity index (χ4v) is 2.77. The number of carbonyl (C=O) groups excluding carboxylic acids is 2. The van der Waals surface area contributed by atoms with Gasteiger partial charge in [-0.05, 0) is 17.7 Å². The van der Waals surface area contributed by atoms with Crippen LogP contribution in [-0.2, 0) is 6.54 Å². The Bertz CT molecular complexity index is 760. The zero-order valence-electron chi connectivity index (χ0n) is 15.1. The summed E-state index contributed by atoms with van der Waals surface area (Å²) in [4.78, 5) is 35.7. The number of carbonyl (C=O) groups is 2. The number of urea groups is 1. The van der Waals surface area contributed by atoms with Gasteiger partial charge in [0, 0.05) is 45.1 Å². The smallest absolute Gasteiger partial charge is 0.336 e. The van der Waals surface area contributed by atoms with Crippen LogP contribution in [0.3, 0.4) is 0 Å². The number of rotatable bonds is 4. The molecule has 0 bridgehead atoms. The molecule has 2 heterocycles. The van der Waals surface area contributed by atoms with Gasteiger partial charge in [0.25, 0.3) is 5.91 Å². The number of hydrogen-bond acceptors (Lipinski definition) is 6. The van der Waals surface area contributed by atoms with Crippen LogP contribution in [0, 0.1) is 0 Å². The summed E-state index contributed by atoms with van der Waals surface area (Å²) in [6, 6.07) is 7.63. The van der Waals surface area contributed by atoms with E-state index in [1.54, 1.807) is 12.0 Å². The van der Waals surface area contributed by atoms with Gasteiger partial charge in [0.2, 0.25) is 0 Å². The van der Waals surface area contributed by atoms with Gasteiger partial charge in [-0.15, -0.1) is 0 Å². The van der Waals surface area contributed by atoms with E-state index in [-0.39, 0.29) is 11.7 Å². The SMILES string of the molecule is COc1ccc(CN2CCN(C(=O)NNC(=O)c3cnccn3)CC2)cc1. The van der Waals surface area contributed by atoms with Gasteiger partial charge in [0.05, 0.1) is 13.3 Å². The lowest BCUT2D eigenvalue weighted by atomic mass is 10.2. The molecular formula is C18H22N6O3. The number of nitrogens with zero attached hydrogens (tertiary/aromatic N) is 4. The monoisotopic (exact) mass is 370 g/mol. The van der Waals surface area contributed by atoms with Crippen molar-refractivity contribution in [2.45, 2.75) is 6.54 Å². The Morgan fingerprint density at radius 1 is 1.07 bits per heavy atom. The van der Waals surface area contributed by atoms with Crippen molar-refractivity contribution in [3.8, 4) is 5.75 Å². The van der Waals surface area contributed by atoms with Crippen molar-refractivity contribution in [1.82, 2.24) is 30.6 Å². The topological polar surface area (TPSA) is 99.7 Å². The maximum Gasteiger partial charge on any atom is 0.336 e. The lowest BCUT2D eigenvalue weighted by Gasteiger charge is -2.34. The van der Waals surface area contributed by atoms with Crippen LogP contribution in [0.25, 0.3) is 0 Å². The third-order valence-electron chi connectivity index (χ3n) is 4.30. The van der Waals surface area contributed by atoms with Crippen molar-refractivity contribution in [1.29, 1.82) is 0 Å². The van der Waals surface area contributed by atoms with Gasteiger partial charge in [-0.3, -0.25) is 20.1 Å². The van der Waals surface area contributed by atoms with Gasteiger partial charge in [-0.1, -0.05) is 12.1 Å². The van der Waals surface area contributed by atoms with E-state index in [2.05, 4.69) is 25.7 Å². The second-order valence-electron chi connectivity index (χ2n) is 6.09. The molecule has 0 radical (unpaired) electrons. The quantitative estimate of drug-likeness (QED) is 0.767. The number of ether oxygens (including phenoxy) is 1. The van der Waals surface area contributed by atoms with Crippen LogP contribution in [0.5, 0.6) is 5.75 Å². The molecule has 9 heteroatoms. The lowest BCUT2D eigenvalue weighted by Crippen LogP contribution is -2.55. The summed E-state index contributed by atoms with van der Waals surface area (Å²) >= 11 is 0. The van der Waals surface area contributed by atoms with Crippen LogP contribution in [0.4, 0.5) is 4.79 Å². The highest BCUT2D eigenvalue weighted by molar-refractivity contribution is 5.93. The van der Waals surface area contributed by atoms with Crippen LogP contribution in [-0.4, -0.2) is 65.0 Å². The molecule has 1 aromatic heterocycles. The summed E-state index contributed by atoms with van der Waals surface area (Å²) < 4.78 is 5.17. The predicted molar refractivity (Wildman–Crippen MR) is 97.9 cm³/mol. The zero-order valence-corrected chi connectivity index (χ0v) is 15.1. The summed E-state index contributed by atoms with van der Waals surface area (Å²) in [7, 11) is 1.65. The van der Waals surface area contributed by atoms with Gasteiger partial charge < -0.3 is 9.64 Å². The van der Waals surface area contributed by atoms with Gasteiger partial charge in [0.15, 0.2) is 0 Å². The normalized spacial score (nSPS) is 14.5. The molecular weight excluding hydrogens is 348 g/mol. The molecule has 0 saturated carbocycles. The highest BCUT2D eigenvalue weighted by Crippen LogP contribution is 2.14. The van der Waals surface area contributed by atoms with Gasteiger partial charge in [0.1, 0.15) is 11.4 Å². The molecule has 0 atom stereocenters. The molecule has 142 valence electrons. The van der Waals surface area contributed by atoms with E-state index in [0.717, 1.165) is 25.4 Å². The number of hydrogen-bond donors (Lipinski definition) is 2. The Hall–Kier alpha value is -3.20. The molecule has 1 aliphatic rings. The Balaban J connectivity index is 1.41. The van der Waals surface area contributed by atoms with Crippen LogP contribution in [0.15, 0.2) is 42.9 Å². The first-order chi connectivity index (χ1) is 13.2. The fourth-order valence-electron chi connectivity index (χ4n) is 2.77. The minimum atomic E-state index is -0.505. The number of aromatic nitrogens is 2. The molecule has 0 unspecified atom stereocenters. The molecule has 3 amide bonds. The second-order valence-corrected chi connectivity index (χ2v) is 6.09. The summed E-state index contributed by atoms with van der Waals surface area (Å²) in [6.45, 7) is 3.52. The minimum Gasteiger partial charge on any atom is -0.497 e. The molecule has 3 rings (SSSR count). The van der Waals surface area contributed by atoms with E-state index in [0.29, 0.717) is 13.1 Å². The van der Waals surface area contributed by atoms with Crippen LogP contribution >= 0.6 is 0 Å². The zero-order chi connectivity index (χ0) is 19.1. The predicted octanol–water partition coefficient (Wildman–Crippen LogP) is 0.657. The molecule has 1 aromatic carbocycles. The van der Waals surface area contributed by atoms with Crippen molar-refractivity contribution in [2.24, 2.45) is 0 Å². The molecule has 1 aliphatic heterocycles. The first kappa shape index (κ1) is 18.6. The van der Waals surface area contributed by atoms with Gasteiger partial charge >= 0.3 is 6.03 Å². The Morgan fingerprint density at radius 2 is 1.81 bits per heavy atom. The third kappa shape index (κ3) is 5.14. The van der Waals surface area contributed by atoms with Crippen LogP contribution in [0.2, 0.25) is 0 Å². The maximum absolute atomic E-state index is 12.2. The van der Waals surface area contributed by atoms with Crippen molar-refractivity contribution >= 4 is 11.9 Å². The summed E-state index contributed by atoms with van der Waals surface area (Å²) in [5.41, 5.74) is 6.10. The highest BCUT2D eigenvalue weighted by Gasteiger charge is 2.21. The van der Waals surface area contributed by atoms with Crippen LogP contribution < -0.4 is 15.6 Å². The van der Waals surface area contributed by atoms with E-state index >= 15 is 0 Å². The number of hydrazine groups is 1. The Kier molecular flexibility index (Phi) is 6.16. The van der Waals surface area contributed by atoms with E-state index in [9.17, 15) is 9.59 Å². The number of nitrogens with one attached hydrogen (secondary N) is 2. The second kappa shape index (κ2) is 8.95. The summed E-state index contributed by atoms with van der Waals surface area (Å²) in [5.74, 6) is 0.332. The van der Waals surface area contributed by atoms with Crippen molar-refractivity contribution in [3.05, 3.63) is 54.1 Å². The average Bonchev–Trinajstić information content (AvgIpc) is 2.73. The summed E-state index contributed by atoms with van der Waals surface area (Å²) in [6.07, 6.45) is 4.22. The molecule has 2 aromatic rings. The van der Waals surface area contributed by atoms with Crippen LogP contribution in [0.1, 0.15) is 16.1 Å². The van der Waals surface area contributed by atoms with E-state index in [4.69, 9.17) is 4.74 Å². The van der Waals surface area contributed by atoms with E-state index in [1.165, 1.54) is 24.2 Å². The lowest BCUT2D eigenvalue weighted by molar-refractivity contribution is 0.0913. The number of methoxy groups -OCH3 is 1. The average molecular weight is 370 g/mol. The number of amides is 3. The standard InChI is InChI=1S/C18H22N6O3/c1-27-15-4-2-14(3-5-15)13-23-8-10-24(11-9-23)18(26)22-21-17(25)16-12-19-6-7-20-16/h2-7,12H,8-11,13H2,1H3,(H,21,25)(H,22,26). The summed E-state index contributed by atoms with van der Waals surface area (Å²) in [5, 5.41) is 0. The largest absolute Gasteiger partial charge is 0.497 e. The Labute approximate surface area is 157 Å². The van der Waals surface area contributed by atoms with Crippen molar-refractivity contribution < 1.29 is 14.3 Å². The molecule has 0 aliphatic carbocycles. The van der Waals surface area contributed by atoms with E-state index in [1.807, 2.05) is 24.3 Å². The molecule has 0 spiro atoms. The maximum atomic E-state index is 12.2. The third-order valence-corrected chi connectivity index (χ3v) is 4.30. The molecule has 27 heavy (non-hydrogen) atoms. The highest BCUT2D eigenvalue weighted by atomic mass is 16.5. The molecule has 1 fully saturated rings. The van der Waals surface area contributed by atoms with Gasteiger partial charge in [-0.25, -0.2) is 15.2 Å². The van der Waals surface area contributed by atoms with E-state index < -0.39 is 5.91 Å². The van der Waals surface area contributed by atoms with Gasteiger partial charge in [-0.2, -0.15) is 0 Å². The van der Waals surface area contributed by atoms with Crippen molar-refractivity contribution in [2.75, 3.05) is 33.3 Å². The molecule has 9 nitrogen and oxygen atoms in total. The number of piperazine rings is 1. The molecule has 2 N–H and O–H groups in total. The molecule has 1 saturated heterocycles.